The van der Waals surface area contributed by atoms with E-state index in [0.29, 0.717) is 11.8 Å². The first-order valence-electron chi connectivity index (χ1n) is 5.75. The zero-order valence-electron chi connectivity index (χ0n) is 10.4. The van der Waals surface area contributed by atoms with Gasteiger partial charge >= 0.3 is 5.97 Å². The van der Waals surface area contributed by atoms with Crippen molar-refractivity contribution in [3.05, 3.63) is 0 Å². The molecule has 3 heteroatoms. The molecule has 0 spiro atoms. The molecule has 15 heavy (non-hydrogen) atoms. The number of carbonyl (C=O) groups is 1. The Morgan fingerprint density at radius 2 is 2.13 bits per heavy atom. The van der Waals surface area contributed by atoms with E-state index < -0.39 is 0 Å². The van der Waals surface area contributed by atoms with Crippen molar-refractivity contribution in [2.24, 2.45) is 5.41 Å². The molecule has 0 N–H and O–H groups in total. The third-order valence-corrected chi connectivity index (χ3v) is 2.73. The van der Waals surface area contributed by atoms with Gasteiger partial charge in [0, 0.05) is 13.0 Å². The van der Waals surface area contributed by atoms with Gasteiger partial charge in [0.25, 0.3) is 0 Å². The molecule has 1 fully saturated rings. The minimum absolute atomic E-state index is 0.0378. The zero-order chi connectivity index (χ0) is 11.5. The minimum Gasteiger partial charge on any atom is -0.461 e. The van der Waals surface area contributed by atoms with E-state index in [9.17, 15) is 4.79 Å². The fourth-order valence-electron chi connectivity index (χ4n) is 1.68. The summed E-state index contributed by atoms with van der Waals surface area (Å²) in [5, 5.41) is 0. The molecule has 0 bridgehead atoms. The van der Waals surface area contributed by atoms with Crippen LogP contribution in [0.4, 0.5) is 0 Å². The molecule has 1 rings (SSSR count). The molecule has 3 nitrogen and oxygen atoms in total. The molecule has 0 aliphatic carbocycles. The number of cyclic esters (lactones) is 1. The van der Waals surface area contributed by atoms with Crippen molar-refractivity contribution in [2.45, 2.75) is 46.1 Å². The van der Waals surface area contributed by atoms with Crippen LogP contribution in [-0.2, 0) is 9.53 Å². The highest BCUT2D eigenvalue weighted by Gasteiger charge is 2.24. The van der Waals surface area contributed by atoms with Gasteiger partial charge in [-0.3, -0.25) is 4.79 Å². The Kier molecular flexibility index (Phi) is 4.14. The van der Waals surface area contributed by atoms with Gasteiger partial charge in [-0.1, -0.05) is 20.8 Å². The predicted molar refractivity (Wildman–Crippen MR) is 60.7 cm³/mol. The molecule has 0 saturated carbocycles. The van der Waals surface area contributed by atoms with E-state index in [1.165, 1.54) is 6.42 Å². The standard InChI is InChI=1S/C12H23NO2/c1-12(2,3)7-8-13(4)9-10-5-6-11(14)15-10/h10H,5-9H2,1-4H3. The molecule has 0 amide bonds. The quantitative estimate of drug-likeness (QED) is 0.669. The Labute approximate surface area is 92.8 Å². The number of rotatable bonds is 4. The second-order valence-electron chi connectivity index (χ2n) is 5.72. The lowest BCUT2D eigenvalue weighted by molar-refractivity contribution is -0.141. The van der Waals surface area contributed by atoms with Gasteiger partial charge in [-0.25, -0.2) is 0 Å². The zero-order valence-corrected chi connectivity index (χ0v) is 10.4. The van der Waals surface area contributed by atoms with Gasteiger partial charge in [-0.15, -0.1) is 0 Å². The molecule has 1 aliphatic rings. The van der Waals surface area contributed by atoms with Crippen molar-refractivity contribution < 1.29 is 9.53 Å². The van der Waals surface area contributed by atoms with Crippen molar-refractivity contribution in [2.75, 3.05) is 20.1 Å². The van der Waals surface area contributed by atoms with Gasteiger partial charge in [0.1, 0.15) is 6.10 Å². The van der Waals surface area contributed by atoms with Crippen LogP contribution >= 0.6 is 0 Å². The lowest BCUT2D eigenvalue weighted by Crippen LogP contribution is -2.31. The highest BCUT2D eigenvalue weighted by molar-refractivity contribution is 5.71. The monoisotopic (exact) mass is 213 g/mol. The van der Waals surface area contributed by atoms with Gasteiger partial charge in [0.15, 0.2) is 0 Å². The maximum absolute atomic E-state index is 10.9. The number of hydrogen-bond donors (Lipinski definition) is 0. The van der Waals surface area contributed by atoms with E-state index in [2.05, 4.69) is 32.7 Å². The van der Waals surface area contributed by atoms with Crippen LogP contribution in [0.5, 0.6) is 0 Å². The van der Waals surface area contributed by atoms with Crippen molar-refractivity contribution in [3.63, 3.8) is 0 Å². The largest absolute Gasteiger partial charge is 0.461 e. The number of esters is 1. The third-order valence-electron chi connectivity index (χ3n) is 2.73. The molecule has 1 aliphatic heterocycles. The van der Waals surface area contributed by atoms with Crippen LogP contribution in [-0.4, -0.2) is 37.1 Å². The Bertz CT molecular complexity index is 220. The summed E-state index contributed by atoms with van der Waals surface area (Å²) in [5.41, 5.74) is 0.376. The van der Waals surface area contributed by atoms with Crippen LogP contribution in [0.2, 0.25) is 0 Å². The van der Waals surface area contributed by atoms with Crippen molar-refractivity contribution in [1.29, 1.82) is 0 Å². The number of carbonyl (C=O) groups excluding carboxylic acids is 1. The molecule has 0 aromatic carbocycles. The summed E-state index contributed by atoms with van der Waals surface area (Å²) in [6, 6.07) is 0. The normalized spacial score (nSPS) is 22.2. The van der Waals surface area contributed by atoms with Crippen LogP contribution in [0, 0.1) is 5.41 Å². The molecule has 0 aromatic heterocycles. The van der Waals surface area contributed by atoms with Crippen molar-refractivity contribution >= 4 is 5.97 Å². The predicted octanol–water partition coefficient (Wildman–Crippen LogP) is 2.06. The maximum Gasteiger partial charge on any atom is 0.306 e. The van der Waals surface area contributed by atoms with Crippen LogP contribution in [0.3, 0.4) is 0 Å². The third kappa shape index (κ3) is 5.17. The number of hydrogen-bond acceptors (Lipinski definition) is 3. The van der Waals surface area contributed by atoms with E-state index in [4.69, 9.17) is 4.74 Å². The summed E-state index contributed by atoms with van der Waals surface area (Å²) in [7, 11) is 2.10. The highest BCUT2D eigenvalue weighted by Crippen LogP contribution is 2.19. The summed E-state index contributed by atoms with van der Waals surface area (Å²) in [4.78, 5) is 13.2. The molecule has 1 saturated heterocycles. The van der Waals surface area contributed by atoms with Crippen molar-refractivity contribution in [3.8, 4) is 0 Å². The lowest BCUT2D eigenvalue weighted by Gasteiger charge is -2.25. The summed E-state index contributed by atoms with van der Waals surface area (Å²) in [5.74, 6) is -0.0378. The maximum atomic E-state index is 10.9. The molecule has 88 valence electrons. The summed E-state index contributed by atoms with van der Waals surface area (Å²) < 4.78 is 5.18. The first-order valence-corrected chi connectivity index (χ1v) is 5.75. The van der Waals surface area contributed by atoms with Gasteiger partial charge in [0.2, 0.25) is 0 Å². The second kappa shape index (κ2) is 4.97. The van der Waals surface area contributed by atoms with E-state index in [-0.39, 0.29) is 12.1 Å². The smallest absolute Gasteiger partial charge is 0.306 e. The van der Waals surface area contributed by atoms with Gasteiger partial charge in [-0.05, 0) is 31.8 Å². The van der Waals surface area contributed by atoms with Crippen LogP contribution in [0.25, 0.3) is 0 Å². The Morgan fingerprint density at radius 1 is 1.47 bits per heavy atom. The average Bonchev–Trinajstić information content (AvgIpc) is 2.47. The number of ether oxygens (including phenoxy) is 1. The van der Waals surface area contributed by atoms with E-state index >= 15 is 0 Å². The van der Waals surface area contributed by atoms with Gasteiger partial charge < -0.3 is 9.64 Å². The topological polar surface area (TPSA) is 29.5 Å². The van der Waals surface area contributed by atoms with Crippen LogP contribution < -0.4 is 0 Å². The molecular weight excluding hydrogens is 190 g/mol. The average molecular weight is 213 g/mol. The molecular formula is C12H23NO2. The molecule has 1 atom stereocenters. The van der Waals surface area contributed by atoms with Crippen LogP contribution in [0.15, 0.2) is 0 Å². The number of likely N-dealkylation sites (N-methyl/N-ethyl adjacent to an activating group) is 1. The molecule has 0 radical (unpaired) electrons. The van der Waals surface area contributed by atoms with E-state index in [0.717, 1.165) is 19.5 Å². The second-order valence-corrected chi connectivity index (χ2v) is 5.72. The van der Waals surface area contributed by atoms with E-state index in [1.54, 1.807) is 0 Å². The molecule has 1 heterocycles. The first kappa shape index (κ1) is 12.5. The minimum atomic E-state index is -0.0378. The molecule has 1 unspecified atom stereocenters. The van der Waals surface area contributed by atoms with Gasteiger partial charge in [-0.2, -0.15) is 0 Å². The van der Waals surface area contributed by atoms with E-state index in [1.807, 2.05) is 0 Å². The van der Waals surface area contributed by atoms with Gasteiger partial charge in [0.05, 0.1) is 0 Å². The Morgan fingerprint density at radius 3 is 2.60 bits per heavy atom. The summed E-state index contributed by atoms with van der Waals surface area (Å²) in [6.07, 6.45) is 2.78. The fourth-order valence-corrected chi connectivity index (χ4v) is 1.68. The fraction of sp³-hybridized carbons (Fsp3) is 0.917. The summed E-state index contributed by atoms with van der Waals surface area (Å²) >= 11 is 0. The van der Waals surface area contributed by atoms with Crippen LogP contribution in [0.1, 0.15) is 40.0 Å². The first-order chi connectivity index (χ1) is 6.87. The Hall–Kier alpha value is -0.570. The SMILES string of the molecule is CN(CCC(C)(C)C)CC1CCC(=O)O1. The lowest BCUT2D eigenvalue weighted by atomic mass is 9.92. The number of nitrogens with zero attached hydrogens (tertiary/aromatic N) is 1. The highest BCUT2D eigenvalue weighted by atomic mass is 16.5. The summed E-state index contributed by atoms with van der Waals surface area (Å²) in [6.45, 7) is 8.68. The van der Waals surface area contributed by atoms with Crippen molar-refractivity contribution in [1.82, 2.24) is 4.90 Å². The Balaban J connectivity index is 2.18. The molecule has 0 aromatic rings.